The van der Waals surface area contributed by atoms with Gasteiger partial charge in [0.1, 0.15) is 9.88 Å². The maximum atomic E-state index is 10.8. The van der Waals surface area contributed by atoms with Crippen molar-refractivity contribution < 1.29 is 14.6 Å². The van der Waals surface area contributed by atoms with E-state index in [4.69, 9.17) is 9.84 Å². The van der Waals surface area contributed by atoms with Crippen molar-refractivity contribution in [3.8, 4) is 0 Å². The molecule has 0 radical (unpaired) electrons. The van der Waals surface area contributed by atoms with Crippen molar-refractivity contribution >= 4 is 17.3 Å². The molecule has 0 saturated carbocycles. The Labute approximate surface area is 91.1 Å². The number of nitrogens with zero attached hydrogens (tertiary/aromatic N) is 1. The molecule has 0 bridgehead atoms. The zero-order chi connectivity index (χ0) is 10.8. The van der Waals surface area contributed by atoms with Gasteiger partial charge in [-0.3, -0.25) is 0 Å². The molecule has 1 aromatic rings. The number of hydrogen-bond donors (Lipinski definition) is 2. The summed E-state index contributed by atoms with van der Waals surface area (Å²) in [7, 11) is 0. The smallest absolute Gasteiger partial charge is 0.347 e. The fourth-order valence-corrected chi connectivity index (χ4v) is 2.45. The van der Waals surface area contributed by atoms with Gasteiger partial charge in [-0.15, -0.1) is 11.3 Å². The second kappa shape index (κ2) is 4.26. The largest absolute Gasteiger partial charge is 0.477 e. The number of ether oxygens (including phenoxy) is 1. The van der Waals surface area contributed by atoms with Crippen molar-refractivity contribution in [2.45, 2.75) is 13.0 Å². The van der Waals surface area contributed by atoms with Crippen molar-refractivity contribution in [1.82, 2.24) is 10.3 Å². The van der Waals surface area contributed by atoms with Gasteiger partial charge in [-0.2, -0.15) is 0 Å². The van der Waals surface area contributed by atoms with Gasteiger partial charge in [0, 0.05) is 6.54 Å². The van der Waals surface area contributed by atoms with Crippen LogP contribution in [0.4, 0.5) is 0 Å². The van der Waals surface area contributed by atoms with Crippen molar-refractivity contribution in [3.63, 3.8) is 0 Å². The number of carboxylic acid groups (broad SMARTS) is 1. The van der Waals surface area contributed by atoms with E-state index < -0.39 is 5.97 Å². The third-order valence-electron chi connectivity index (χ3n) is 2.23. The van der Waals surface area contributed by atoms with Crippen LogP contribution >= 0.6 is 11.3 Å². The molecule has 1 aromatic heterocycles. The summed E-state index contributed by atoms with van der Waals surface area (Å²) in [6.07, 6.45) is 0. The number of rotatable bonds is 2. The van der Waals surface area contributed by atoms with E-state index in [2.05, 4.69) is 10.3 Å². The molecule has 82 valence electrons. The first-order chi connectivity index (χ1) is 7.18. The highest BCUT2D eigenvalue weighted by Crippen LogP contribution is 2.24. The van der Waals surface area contributed by atoms with Crippen LogP contribution in [0.5, 0.6) is 0 Å². The topological polar surface area (TPSA) is 71.5 Å². The summed E-state index contributed by atoms with van der Waals surface area (Å²) in [4.78, 5) is 15.4. The Morgan fingerprint density at radius 2 is 2.53 bits per heavy atom. The molecule has 1 aliphatic rings. The molecule has 5 nitrogen and oxygen atoms in total. The minimum absolute atomic E-state index is 0.0375. The lowest BCUT2D eigenvalue weighted by Gasteiger charge is -2.21. The molecule has 0 aromatic carbocycles. The molecule has 1 atom stereocenters. The molecular formula is C9H12N2O3S. The molecule has 1 unspecified atom stereocenters. The average molecular weight is 228 g/mol. The summed E-state index contributed by atoms with van der Waals surface area (Å²) in [5.74, 6) is -0.909. The molecule has 1 aliphatic heterocycles. The number of hydrogen-bond acceptors (Lipinski definition) is 5. The van der Waals surface area contributed by atoms with Gasteiger partial charge in [0.25, 0.3) is 0 Å². The fourth-order valence-electron chi connectivity index (χ4n) is 1.49. The van der Waals surface area contributed by atoms with Crippen LogP contribution in [0.2, 0.25) is 0 Å². The van der Waals surface area contributed by atoms with Gasteiger partial charge in [0.15, 0.2) is 0 Å². The lowest BCUT2D eigenvalue weighted by atomic mass is 10.3. The van der Waals surface area contributed by atoms with Gasteiger partial charge in [-0.1, -0.05) is 0 Å². The first kappa shape index (κ1) is 10.5. The minimum atomic E-state index is -0.909. The SMILES string of the molecule is Cc1nc(C2COCCN2)sc1C(=O)O. The van der Waals surface area contributed by atoms with Crippen molar-refractivity contribution in [3.05, 3.63) is 15.6 Å². The fraction of sp³-hybridized carbons (Fsp3) is 0.556. The molecule has 6 heteroatoms. The van der Waals surface area contributed by atoms with Crippen LogP contribution in [-0.4, -0.2) is 35.8 Å². The van der Waals surface area contributed by atoms with Crippen LogP contribution in [0, 0.1) is 6.92 Å². The Morgan fingerprint density at radius 1 is 1.73 bits per heavy atom. The van der Waals surface area contributed by atoms with Crippen molar-refractivity contribution in [2.24, 2.45) is 0 Å². The first-order valence-corrected chi connectivity index (χ1v) is 5.52. The number of carboxylic acids is 1. The maximum Gasteiger partial charge on any atom is 0.347 e. The Balaban J connectivity index is 2.21. The molecule has 1 saturated heterocycles. The predicted octanol–water partition coefficient (Wildman–Crippen LogP) is 0.811. The molecule has 1 fully saturated rings. The maximum absolute atomic E-state index is 10.8. The van der Waals surface area contributed by atoms with Crippen molar-refractivity contribution in [1.29, 1.82) is 0 Å². The van der Waals surface area contributed by atoms with Crippen LogP contribution in [0.3, 0.4) is 0 Å². The number of thiazole rings is 1. The number of morpholine rings is 1. The van der Waals surface area contributed by atoms with Crippen LogP contribution in [0.25, 0.3) is 0 Å². The zero-order valence-electron chi connectivity index (χ0n) is 8.32. The molecule has 0 amide bonds. The lowest BCUT2D eigenvalue weighted by molar-refractivity contribution is 0.0701. The minimum Gasteiger partial charge on any atom is -0.477 e. The molecule has 2 N–H and O–H groups in total. The Morgan fingerprint density at radius 3 is 3.07 bits per heavy atom. The van der Waals surface area contributed by atoms with Crippen LogP contribution in [-0.2, 0) is 4.74 Å². The van der Waals surface area contributed by atoms with Gasteiger partial charge in [0.2, 0.25) is 0 Å². The van der Waals surface area contributed by atoms with Gasteiger partial charge < -0.3 is 15.2 Å². The summed E-state index contributed by atoms with van der Waals surface area (Å²) in [6.45, 7) is 3.76. The van der Waals surface area contributed by atoms with E-state index in [-0.39, 0.29) is 6.04 Å². The quantitative estimate of drug-likeness (QED) is 0.783. The highest BCUT2D eigenvalue weighted by molar-refractivity contribution is 7.13. The molecular weight excluding hydrogens is 216 g/mol. The monoisotopic (exact) mass is 228 g/mol. The Bertz CT molecular complexity index is 371. The van der Waals surface area contributed by atoms with E-state index in [0.717, 1.165) is 11.6 Å². The van der Waals surface area contributed by atoms with Crippen LogP contribution < -0.4 is 5.32 Å². The van der Waals surface area contributed by atoms with E-state index in [1.807, 2.05) is 0 Å². The van der Waals surface area contributed by atoms with Gasteiger partial charge in [-0.25, -0.2) is 9.78 Å². The average Bonchev–Trinajstić information content (AvgIpc) is 2.62. The first-order valence-electron chi connectivity index (χ1n) is 4.70. The number of aromatic nitrogens is 1. The zero-order valence-corrected chi connectivity index (χ0v) is 9.13. The number of aryl methyl sites for hydroxylation is 1. The second-order valence-corrected chi connectivity index (χ2v) is 4.38. The normalized spacial score (nSPS) is 21.5. The van der Waals surface area contributed by atoms with E-state index in [9.17, 15) is 4.79 Å². The summed E-state index contributed by atoms with van der Waals surface area (Å²) in [6, 6.07) is 0.0375. The molecule has 15 heavy (non-hydrogen) atoms. The Kier molecular flexibility index (Phi) is 2.99. The van der Waals surface area contributed by atoms with E-state index >= 15 is 0 Å². The van der Waals surface area contributed by atoms with Crippen LogP contribution in [0.15, 0.2) is 0 Å². The third kappa shape index (κ3) is 2.17. The summed E-state index contributed by atoms with van der Waals surface area (Å²) >= 11 is 1.22. The number of carbonyl (C=O) groups is 1. The van der Waals surface area contributed by atoms with Crippen LogP contribution in [0.1, 0.15) is 26.4 Å². The van der Waals surface area contributed by atoms with E-state index in [1.165, 1.54) is 11.3 Å². The van der Waals surface area contributed by atoms with Gasteiger partial charge >= 0.3 is 5.97 Å². The second-order valence-electron chi connectivity index (χ2n) is 3.35. The van der Waals surface area contributed by atoms with Crippen molar-refractivity contribution in [2.75, 3.05) is 19.8 Å². The summed E-state index contributed by atoms with van der Waals surface area (Å²) in [5.41, 5.74) is 0.579. The highest BCUT2D eigenvalue weighted by Gasteiger charge is 2.22. The third-order valence-corrected chi connectivity index (χ3v) is 3.49. The standard InChI is InChI=1S/C9H12N2O3S/c1-5-7(9(12)13)15-8(11-5)6-4-14-3-2-10-6/h6,10H,2-4H2,1H3,(H,12,13). The lowest BCUT2D eigenvalue weighted by Crippen LogP contribution is -2.34. The molecule has 0 aliphatic carbocycles. The van der Waals surface area contributed by atoms with E-state index in [1.54, 1.807) is 6.92 Å². The van der Waals surface area contributed by atoms with E-state index in [0.29, 0.717) is 23.8 Å². The molecule has 2 heterocycles. The number of nitrogens with one attached hydrogen (secondary N) is 1. The predicted molar refractivity (Wildman–Crippen MR) is 55.4 cm³/mol. The summed E-state index contributed by atoms with van der Waals surface area (Å²) < 4.78 is 5.30. The highest BCUT2D eigenvalue weighted by atomic mass is 32.1. The molecule has 0 spiro atoms. The number of aromatic carboxylic acids is 1. The summed E-state index contributed by atoms with van der Waals surface area (Å²) in [5, 5.41) is 12.9. The van der Waals surface area contributed by atoms with Gasteiger partial charge in [0.05, 0.1) is 24.9 Å². The van der Waals surface area contributed by atoms with Gasteiger partial charge in [-0.05, 0) is 6.92 Å². The molecule has 2 rings (SSSR count). The Hall–Kier alpha value is -0.980.